The highest BCUT2D eigenvalue weighted by molar-refractivity contribution is 5.84. The molecule has 0 bridgehead atoms. The van der Waals surface area contributed by atoms with Crippen molar-refractivity contribution in [2.75, 3.05) is 0 Å². The van der Waals surface area contributed by atoms with E-state index in [1.807, 2.05) is 0 Å². The van der Waals surface area contributed by atoms with Gasteiger partial charge in [-0.1, -0.05) is 19.8 Å². The van der Waals surface area contributed by atoms with Crippen LogP contribution < -0.4 is 5.73 Å². The average Bonchev–Trinajstić information content (AvgIpc) is 2.24. The topological polar surface area (TPSA) is 72.5 Å². The van der Waals surface area contributed by atoms with Gasteiger partial charge in [-0.15, -0.1) is 0 Å². The molecule has 0 saturated heterocycles. The van der Waals surface area contributed by atoms with Gasteiger partial charge in [0.25, 0.3) is 0 Å². The number of hydrogen-bond donors (Lipinski definition) is 1. The van der Waals surface area contributed by atoms with Gasteiger partial charge >= 0.3 is 0 Å². The van der Waals surface area contributed by atoms with E-state index in [1.165, 1.54) is 12.8 Å². The molecule has 0 atom stereocenters. The number of carbonyl (C=O) groups excluding carboxylic acids is 2. The summed E-state index contributed by atoms with van der Waals surface area (Å²) in [5.74, 6) is -0.406. The van der Waals surface area contributed by atoms with Crippen LogP contribution in [-0.4, -0.2) is 18.0 Å². The van der Waals surface area contributed by atoms with Crippen LogP contribution in [0.3, 0.4) is 0 Å². The molecule has 0 aromatic carbocycles. The van der Waals surface area contributed by atoms with E-state index in [0.717, 1.165) is 12.8 Å². The Bertz CT molecular complexity index is 237. The van der Waals surface area contributed by atoms with Gasteiger partial charge in [-0.05, 0) is 25.7 Å². The molecule has 0 aliphatic carbocycles. The van der Waals surface area contributed by atoms with E-state index in [-0.39, 0.29) is 11.8 Å². The molecule has 0 aliphatic rings. The van der Waals surface area contributed by atoms with Gasteiger partial charge in [0.2, 0.25) is 11.8 Å². The summed E-state index contributed by atoms with van der Waals surface area (Å²) in [5, 5.41) is 0. The fraction of sp³-hybridized carbons (Fsp3) is 0.750. The van der Waals surface area contributed by atoms with Crippen molar-refractivity contribution in [2.45, 2.75) is 58.3 Å². The minimum absolute atomic E-state index is 0.0963. The predicted octanol–water partition coefficient (Wildman–Crippen LogP) is 2.21. The summed E-state index contributed by atoms with van der Waals surface area (Å²) in [5.41, 5.74) is 4.98. The molecule has 0 fully saturated rings. The zero-order chi connectivity index (χ0) is 12.2. The third kappa shape index (κ3) is 10.9. The highest BCUT2D eigenvalue weighted by Crippen LogP contribution is 2.01. The summed E-state index contributed by atoms with van der Waals surface area (Å²) in [6.07, 6.45) is 8.15. The van der Waals surface area contributed by atoms with E-state index < -0.39 is 0 Å². The van der Waals surface area contributed by atoms with Crippen molar-refractivity contribution in [3.63, 3.8) is 0 Å². The highest BCUT2D eigenvalue weighted by atomic mass is 16.1. The first-order valence-corrected chi connectivity index (χ1v) is 6.00. The molecule has 0 aromatic rings. The van der Waals surface area contributed by atoms with Crippen LogP contribution in [0.5, 0.6) is 0 Å². The monoisotopic (exact) mass is 226 g/mol. The average molecular weight is 226 g/mol. The van der Waals surface area contributed by atoms with E-state index in [1.54, 1.807) is 6.21 Å². The van der Waals surface area contributed by atoms with E-state index >= 15 is 0 Å². The first kappa shape index (κ1) is 14.8. The number of rotatable bonds is 9. The molecular formula is C12H22N2O2. The lowest BCUT2D eigenvalue weighted by molar-refractivity contribution is -0.119. The number of carbonyl (C=O) groups is 2. The number of amides is 2. The van der Waals surface area contributed by atoms with Gasteiger partial charge < -0.3 is 5.73 Å². The number of aliphatic imine (C=N–C) groups is 1. The zero-order valence-electron chi connectivity index (χ0n) is 10.1. The molecule has 92 valence electrons. The third-order valence-electron chi connectivity index (χ3n) is 2.24. The quantitative estimate of drug-likeness (QED) is 0.483. The van der Waals surface area contributed by atoms with Crippen molar-refractivity contribution in [2.24, 2.45) is 10.7 Å². The minimum Gasteiger partial charge on any atom is -0.370 e. The summed E-state index contributed by atoms with van der Waals surface area (Å²) < 4.78 is 0. The lowest BCUT2D eigenvalue weighted by atomic mass is 10.2. The fourth-order valence-electron chi connectivity index (χ4n) is 1.29. The molecule has 0 rings (SSSR count). The van der Waals surface area contributed by atoms with Gasteiger partial charge in [0.1, 0.15) is 0 Å². The second-order valence-corrected chi connectivity index (χ2v) is 3.87. The van der Waals surface area contributed by atoms with Crippen molar-refractivity contribution in [3.8, 4) is 0 Å². The standard InChI is InChI=1S/C12H22N2O2/c1-2-3-4-7-10-14-12(16)9-6-5-8-11(13)15/h10H,2-9H2,1H3,(H2,13,15). The van der Waals surface area contributed by atoms with Gasteiger partial charge in [-0.3, -0.25) is 9.59 Å². The van der Waals surface area contributed by atoms with E-state index in [2.05, 4.69) is 11.9 Å². The van der Waals surface area contributed by atoms with E-state index in [9.17, 15) is 9.59 Å². The molecule has 0 aromatic heterocycles. The normalized spacial score (nSPS) is 10.8. The van der Waals surface area contributed by atoms with Crippen LogP contribution >= 0.6 is 0 Å². The van der Waals surface area contributed by atoms with Crippen LogP contribution in [0.2, 0.25) is 0 Å². The molecule has 4 nitrogen and oxygen atoms in total. The highest BCUT2D eigenvalue weighted by Gasteiger charge is 1.99. The number of primary amides is 1. The Kier molecular flexibility index (Phi) is 9.56. The number of hydrogen-bond acceptors (Lipinski definition) is 2. The first-order chi connectivity index (χ1) is 7.66. The van der Waals surface area contributed by atoms with Crippen LogP contribution in [0.4, 0.5) is 0 Å². The largest absolute Gasteiger partial charge is 0.370 e. The van der Waals surface area contributed by atoms with Gasteiger partial charge in [0, 0.05) is 19.1 Å². The van der Waals surface area contributed by atoms with Crippen LogP contribution in [-0.2, 0) is 9.59 Å². The maximum atomic E-state index is 11.2. The lowest BCUT2D eigenvalue weighted by Crippen LogP contribution is -2.09. The summed E-state index contributed by atoms with van der Waals surface area (Å²) in [7, 11) is 0. The molecule has 0 heterocycles. The molecule has 4 heteroatoms. The smallest absolute Gasteiger partial charge is 0.245 e. The zero-order valence-corrected chi connectivity index (χ0v) is 10.1. The van der Waals surface area contributed by atoms with Crippen LogP contribution in [0.15, 0.2) is 4.99 Å². The Morgan fingerprint density at radius 2 is 1.81 bits per heavy atom. The molecule has 0 spiro atoms. The summed E-state index contributed by atoms with van der Waals surface area (Å²) >= 11 is 0. The molecule has 16 heavy (non-hydrogen) atoms. The predicted molar refractivity (Wildman–Crippen MR) is 65.3 cm³/mol. The Morgan fingerprint density at radius 1 is 1.12 bits per heavy atom. The number of unbranched alkanes of at least 4 members (excludes halogenated alkanes) is 4. The second-order valence-electron chi connectivity index (χ2n) is 3.87. The summed E-state index contributed by atoms with van der Waals surface area (Å²) in [6, 6.07) is 0. The van der Waals surface area contributed by atoms with Gasteiger partial charge in [0.15, 0.2) is 0 Å². The Morgan fingerprint density at radius 3 is 2.44 bits per heavy atom. The van der Waals surface area contributed by atoms with Gasteiger partial charge in [-0.25, -0.2) is 4.99 Å². The Hall–Kier alpha value is -1.19. The van der Waals surface area contributed by atoms with Crippen LogP contribution in [0.25, 0.3) is 0 Å². The lowest BCUT2D eigenvalue weighted by Gasteiger charge is -1.95. The molecule has 0 aliphatic heterocycles. The second kappa shape index (κ2) is 10.3. The van der Waals surface area contributed by atoms with E-state index in [0.29, 0.717) is 25.7 Å². The summed E-state index contributed by atoms with van der Waals surface area (Å²) in [4.78, 5) is 25.5. The van der Waals surface area contributed by atoms with Crippen molar-refractivity contribution in [3.05, 3.63) is 0 Å². The fourth-order valence-corrected chi connectivity index (χ4v) is 1.29. The Labute approximate surface area is 97.3 Å². The molecule has 0 unspecified atom stereocenters. The summed E-state index contributed by atoms with van der Waals surface area (Å²) in [6.45, 7) is 2.14. The van der Waals surface area contributed by atoms with Crippen LogP contribution in [0, 0.1) is 0 Å². The number of nitrogens with zero attached hydrogens (tertiary/aromatic N) is 1. The van der Waals surface area contributed by atoms with Gasteiger partial charge in [0.05, 0.1) is 0 Å². The maximum Gasteiger partial charge on any atom is 0.245 e. The third-order valence-corrected chi connectivity index (χ3v) is 2.24. The van der Waals surface area contributed by atoms with Crippen molar-refractivity contribution < 1.29 is 9.59 Å². The minimum atomic E-state index is -0.310. The van der Waals surface area contributed by atoms with Crippen molar-refractivity contribution in [1.29, 1.82) is 0 Å². The SMILES string of the molecule is CCCCCC=NC(=O)CCCCC(N)=O. The molecule has 2 amide bonds. The van der Waals surface area contributed by atoms with E-state index in [4.69, 9.17) is 5.73 Å². The van der Waals surface area contributed by atoms with Crippen LogP contribution in [0.1, 0.15) is 58.3 Å². The maximum absolute atomic E-state index is 11.2. The molecule has 0 radical (unpaired) electrons. The molecular weight excluding hydrogens is 204 g/mol. The first-order valence-electron chi connectivity index (χ1n) is 6.00. The van der Waals surface area contributed by atoms with Crippen molar-refractivity contribution >= 4 is 18.0 Å². The van der Waals surface area contributed by atoms with Crippen molar-refractivity contribution in [1.82, 2.24) is 0 Å². The Balaban J connectivity index is 3.39. The van der Waals surface area contributed by atoms with Gasteiger partial charge in [-0.2, -0.15) is 0 Å². The number of nitrogens with two attached hydrogens (primary N) is 1. The molecule has 2 N–H and O–H groups in total. The molecule has 0 saturated carbocycles.